The average molecular weight is 381 g/mol. The molecular weight excluding hydrogens is 362 g/mol. The largest absolute Gasteiger partial charge is 0.300 e. The van der Waals surface area contributed by atoms with Gasteiger partial charge in [-0.15, -0.1) is 0 Å². The number of thioether (sulfide) groups is 1. The average Bonchev–Trinajstić information content (AvgIpc) is 3.00. The van der Waals surface area contributed by atoms with Gasteiger partial charge in [-0.25, -0.2) is 4.99 Å². The number of carbonyl (C=O) groups is 1. The standard InChI is InChI=1S/C20H19N3O3S/c1-2-3-4-14-5-9-16(10-6-14)21-20-22-19(24)18(27-20)13-15-7-11-17(12-8-15)23(25)26/h5-13H,2-4H2,1H3,(H,21,22,24). The fourth-order valence-electron chi connectivity index (χ4n) is 2.56. The third-order valence-electron chi connectivity index (χ3n) is 4.04. The third kappa shape index (κ3) is 5.04. The second-order valence-corrected chi connectivity index (χ2v) is 7.13. The van der Waals surface area contributed by atoms with Crippen LogP contribution in [0.25, 0.3) is 6.08 Å². The van der Waals surface area contributed by atoms with E-state index in [-0.39, 0.29) is 11.6 Å². The van der Waals surface area contributed by atoms with Crippen LogP contribution in [-0.4, -0.2) is 16.0 Å². The highest BCUT2D eigenvalue weighted by atomic mass is 32.2. The van der Waals surface area contributed by atoms with Gasteiger partial charge in [0.05, 0.1) is 15.5 Å². The van der Waals surface area contributed by atoms with Crippen molar-refractivity contribution in [3.05, 3.63) is 74.7 Å². The lowest BCUT2D eigenvalue weighted by Crippen LogP contribution is -2.19. The third-order valence-corrected chi connectivity index (χ3v) is 4.95. The summed E-state index contributed by atoms with van der Waals surface area (Å²) in [6, 6.07) is 14.1. The molecular formula is C20H19N3O3S. The van der Waals surface area contributed by atoms with Gasteiger partial charge < -0.3 is 5.32 Å². The second-order valence-electron chi connectivity index (χ2n) is 6.10. The van der Waals surface area contributed by atoms with Crippen LogP contribution in [-0.2, 0) is 11.2 Å². The molecule has 0 saturated carbocycles. The Bertz CT molecular complexity index is 903. The summed E-state index contributed by atoms with van der Waals surface area (Å²) in [5, 5.41) is 14.0. The van der Waals surface area contributed by atoms with Crippen molar-refractivity contribution in [3.63, 3.8) is 0 Å². The topological polar surface area (TPSA) is 84.6 Å². The van der Waals surface area contributed by atoms with Crippen LogP contribution in [0.1, 0.15) is 30.9 Å². The van der Waals surface area contributed by atoms with E-state index < -0.39 is 4.92 Å². The second kappa shape index (κ2) is 8.64. The zero-order valence-electron chi connectivity index (χ0n) is 14.8. The molecule has 2 aromatic rings. The lowest BCUT2D eigenvalue weighted by atomic mass is 10.1. The zero-order valence-corrected chi connectivity index (χ0v) is 15.7. The van der Waals surface area contributed by atoms with E-state index in [9.17, 15) is 14.9 Å². The molecule has 138 valence electrons. The highest BCUT2D eigenvalue weighted by Crippen LogP contribution is 2.28. The molecule has 3 rings (SSSR count). The van der Waals surface area contributed by atoms with Gasteiger partial charge in [-0.1, -0.05) is 25.5 Å². The van der Waals surface area contributed by atoms with Crippen LogP contribution in [0.4, 0.5) is 11.4 Å². The highest BCUT2D eigenvalue weighted by molar-refractivity contribution is 8.18. The number of nitro benzene ring substituents is 1. The predicted octanol–water partition coefficient (Wildman–Crippen LogP) is 4.83. The normalized spacial score (nSPS) is 16.7. The number of amides is 1. The molecule has 0 unspecified atom stereocenters. The van der Waals surface area contributed by atoms with Gasteiger partial charge in [-0.05, 0) is 66.1 Å². The number of amidine groups is 1. The SMILES string of the molecule is CCCCc1ccc(N=C2NC(=O)C(=Cc3ccc([N+](=O)[O-])cc3)S2)cc1. The maximum Gasteiger partial charge on any atom is 0.269 e. The molecule has 6 nitrogen and oxygen atoms in total. The zero-order chi connectivity index (χ0) is 19.2. The van der Waals surface area contributed by atoms with Crippen molar-refractivity contribution in [2.45, 2.75) is 26.2 Å². The first-order valence-corrected chi connectivity index (χ1v) is 9.50. The van der Waals surface area contributed by atoms with Gasteiger partial charge in [0, 0.05) is 12.1 Å². The molecule has 1 saturated heterocycles. The Kier molecular flexibility index (Phi) is 6.03. The van der Waals surface area contributed by atoms with Gasteiger partial charge >= 0.3 is 0 Å². The minimum atomic E-state index is -0.452. The fourth-order valence-corrected chi connectivity index (χ4v) is 3.40. The lowest BCUT2D eigenvalue weighted by Gasteiger charge is -2.01. The predicted molar refractivity (Wildman–Crippen MR) is 109 cm³/mol. The summed E-state index contributed by atoms with van der Waals surface area (Å²) in [4.78, 5) is 27.4. The van der Waals surface area contributed by atoms with E-state index in [0.29, 0.717) is 10.1 Å². The molecule has 1 heterocycles. The number of nitrogens with one attached hydrogen (secondary N) is 1. The summed E-state index contributed by atoms with van der Waals surface area (Å²) in [6.07, 6.45) is 5.08. The van der Waals surface area contributed by atoms with Crippen LogP contribution in [0.5, 0.6) is 0 Å². The maximum absolute atomic E-state index is 12.1. The first-order valence-electron chi connectivity index (χ1n) is 8.68. The van der Waals surface area contributed by atoms with Gasteiger partial charge in [-0.2, -0.15) is 0 Å². The van der Waals surface area contributed by atoms with Crippen LogP contribution in [0.2, 0.25) is 0 Å². The molecule has 0 aromatic heterocycles. The van der Waals surface area contributed by atoms with Crippen molar-refractivity contribution in [2.24, 2.45) is 4.99 Å². The number of hydrogen-bond acceptors (Lipinski definition) is 5. The van der Waals surface area contributed by atoms with Crippen molar-refractivity contribution in [1.82, 2.24) is 5.32 Å². The van der Waals surface area contributed by atoms with E-state index in [4.69, 9.17) is 0 Å². The number of aryl methyl sites for hydroxylation is 1. The molecule has 1 N–H and O–H groups in total. The summed E-state index contributed by atoms with van der Waals surface area (Å²) in [6.45, 7) is 2.17. The molecule has 0 atom stereocenters. The number of non-ortho nitro benzene ring substituents is 1. The number of hydrogen-bond donors (Lipinski definition) is 1. The lowest BCUT2D eigenvalue weighted by molar-refractivity contribution is -0.384. The number of carbonyl (C=O) groups excluding carboxylic acids is 1. The van der Waals surface area contributed by atoms with Crippen molar-refractivity contribution in [3.8, 4) is 0 Å². The molecule has 1 aliphatic heterocycles. The minimum Gasteiger partial charge on any atom is -0.300 e. The smallest absolute Gasteiger partial charge is 0.269 e. The van der Waals surface area contributed by atoms with Gasteiger partial charge in [0.2, 0.25) is 0 Å². The maximum atomic E-state index is 12.1. The molecule has 0 bridgehead atoms. The quantitative estimate of drug-likeness (QED) is 0.441. The van der Waals surface area contributed by atoms with Crippen molar-refractivity contribution in [1.29, 1.82) is 0 Å². The first-order chi connectivity index (χ1) is 13.0. The number of benzene rings is 2. The van der Waals surface area contributed by atoms with Crippen molar-refractivity contribution in [2.75, 3.05) is 0 Å². The fraction of sp³-hybridized carbons (Fsp3) is 0.200. The van der Waals surface area contributed by atoms with Gasteiger partial charge in [0.15, 0.2) is 5.17 Å². The summed E-state index contributed by atoms with van der Waals surface area (Å²) >= 11 is 1.25. The number of unbranched alkanes of at least 4 members (excludes halogenated alkanes) is 1. The Morgan fingerprint density at radius 1 is 1.15 bits per heavy atom. The Labute approximate surface area is 161 Å². The minimum absolute atomic E-state index is 0.0188. The molecule has 1 amide bonds. The Morgan fingerprint density at radius 2 is 1.85 bits per heavy atom. The molecule has 1 aliphatic rings. The molecule has 27 heavy (non-hydrogen) atoms. The molecule has 2 aromatic carbocycles. The van der Waals surface area contributed by atoms with E-state index in [1.807, 2.05) is 12.1 Å². The number of nitro groups is 1. The molecule has 0 spiro atoms. The first kappa shape index (κ1) is 18.8. The van der Waals surface area contributed by atoms with Crippen LogP contribution in [0.3, 0.4) is 0 Å². The van der Waals surface area contributed by atoms with E-state index in [1.165, 1.54) is 29.5 Å². The van der Waals surface area contributed by atoms with Crippen LogP contribution in [0.15, 0.2) is 58.4 Å². The van der Waals surface area contributed by atoms with E-state index >= 15 is 0 Å². The molecule has 1 fully saturated rings. The van der Waals surface area contributed by atoms with Gasteiger partial charge in [0.25, 0.3) is 11.6 Å². The van der Waals surface area contributed by atoms with Gasteiger partial charge in [0.1, 0.15) is 0 Å². The van der Waals surface area contributed by atoms with E-state index in [0.717, 1.165) is 30.5 Å². The molecule has 0 radical (unpaired) electrons. The Morgan fingerprint density at radius 3 is 2.48 bits per heavy atom. The van der Waals surface area contributed by atoms with Crippen LogP contribution < -0.4 is 5.32 Å². The van der Waals surface area contributed by atoms with E-state index in [2.05, 4.69) is 29.4 Å². The monoisotopic (exact) mass is 381 g/mol. The van der Waals surface area contributed by atoms with Crippen molar-refractivity contribution < 1.29 is 9.72 Å². The van der Waals surface area contributed by atoms with E-state index in [1.54, 1.807) is 18.2 Å². The summed E-state index contributed by atoms with van der Waals surface area (Å²) in [5.41, 5.74) is 2.81. The molecule has 0 aliphatic carbocycles. The van der Waals surface area contributed by atoms with Gasteiger partial charge in [-0.3, -0.25) is 14.9 Å². The summed E-state index contributed by atoms with van der Waals surface area (Å²) in [7, 11) is 0. The molecule has 7 heteroatoms. The number of aliphatic imine (C=N–C) groups is 1. The van der Waals surface area contributed by atoms with Crippen LogP contribution in [0, 0.1) is 10.1 Å². The van der Waals surface area contributed by atoms with Crippen molar-refractivity contribution >= 4 is 40.3 Å². The summed E-state index contributed by atoms with van der Waals surface area (Å²) < 4.78 is 0. The number of nitrogens with zero attached hydrogens (tertiary/aromatic N) is 2. The van der Waals surface area contributed by atoms with Crippen LogP contribution >= 0.6 is 11.8 Å². The Balaban J connectivity index is 1.70. The number of rotatable bonds is 6. The highest BCUT2D eigenvalue weighted by Gasteiger charge is 2.23. The Hall–Kier alpha value is -2.93. The summed E-state index contributed by atoms with van der Waals surface area (Å²) in [5.74, 6) is -0.225.